The predicted octanol–water partition coefficient (Wildman–Crippen LogP) is 7.55. The van der Waals surface area contributed by atoms with Gasteiger partial charge in [-0.1, -0.05) is 55.4 Å². The van der Waals surface area contributed by atoms with Crippen molar-refractivity contribution in [2.24, 2.45) is 23.7 Å². The van der Waals surface area contributed by atoms with Crippen LogP contribution in [-0.4, -0.2) is 64.3 Å². The van der Waals surface area contributed by atoms with Crippen molar-refractivity contribution in [3.05, 3.63) is 65.8 Å². The van der Waals surface area contributed by atoms with Crippen LogP contribution in [0.25, 0.3) is 0 Å². The van der Waals surface area contributed by atoms with Crippen molar-refractivity contribution < 1.29 is 38.0 Å². The van der Waals surface area contributed by atoms with Crippen LogP contribution < -0.4 is 4.74 Å². The third kappa shape index (κ3) is 10.2. The molecule has 2 aliphatic carbocycles. The van der Waals surface area contributed by atoms with Crippen LogP contribution in [0.2, 0.25) is 0 Å². The minimum absolute atomic E-state index is 0.0306. The van der Waals surface area contributed by atoms with Gasteiger partial charge < -0.3 is 28.4 Å². The Bertz CT molecular complexity index is 1200. The van der Waals surface area contributed by atoms with E-state index in [-0.39, 0.29) is 36.1 Å². The van der Waals surface area contributed by atoms with Gasteiger partial charge in [-0.2, -0.15) is 0 Å². The summed E-state index contributed by atoms with van der Waals surface area (Å²) in [4.78, 5) is 28.2. The van der Waals surface area contributed by atoms with E-state index in [4.69, 9.17) is 28.4 Å². The van der Waals surface area contributed by atoms with Gasteiger partial charge in [-0.15, -0.1) is 0 Å². The van der Waals surface area contributed by atoms with Crippen LogP contribution in [0.1, 0.15) is 83.6 Å². The summed E-state index contributed by atoms with van der Waals surface area (Å²) in [6.07, 6.45) is 18.2. The highest BCUT2D eigenvalue weighted by atomic mass is 16.8. The number of methoxy groups -OCH3 is 2. The Morgan fingerprint density at radius 1 is 0.979 bits per heavy atom. The van der Waals surface area contributed by atoms with E-state index < -0.39 is 17.8 Å². The van der Waals surface area contributed by atoms with E-state index in [9.17, 15) is 9.59 Å². The van der Waals surface area contributed by atoms with Gasteiger partial charge in [0.05, 0.1) is 39.5 Å². The molecule has 1 aliphatic heterocycles. The molecule has 8 heteroatoms. The molecule has 1 aromatic rings. The van der Waals surface area contributed by atoms with Crippen molar-refractivity contribution in [2.75, 3.05) is 40.8 Å². The maximum absolute atomic E-state index is 14.3. The molecule has 1 heterocycles. The molecule has 3 aliphatic rings. The Hall–Kier alpha value is -2.62. The van der Waals surface area contributed by atoms with Gasteiger partial charge in [0.15, 0.2) is 11.6 Å². The molecule has 1 saturated carbocycles. The molecule has 1 saturated heterocycles. The maximum atomic E-state index is 14.3. The Morgan fingerprint density at radius 3 is 2.43 bits per heavy atom. The van der Waals surface area contributed by atoms with Gasteiger partial charge in [0.2, 0.25) is 0 Å². The average Bonchev–Trinajstić information content (AvgIpc) is 3.54. The lowest BCUT2D eigenvalue weighted by Crippen LogP contribution is -2.49. The second-order valence-corrected chi connectivity index (χ2v) is 13.0. The fourth-order valence-corrected chi connectivity index (χ4v) is 7.40. The number of rotatable bonds is 20. The molecule has 1 aromatic carbocycles. The zero-order chi connectivity index (χ0) is 33.5. The van der Waals surface area contributed by atoms with Crippen LogP contribution in [-0.2, 0) is 39.9 Å². The number of benzene rings is 1. The molecule has 0 spiro atoms. The van der Waals surface area contributed by atoms with E-state index in [1.165, 1.54) is 0 Å². The van der Waals surface area contributed by atoms with E-state index >= 15 is 0 Å². The van der Waals surface area contributed by atoms with Crippen molar-refractivity contribution in [3.63, 3.8) is 0 Å². The number of ketones is 2. The molecule has 5 atom stereocenters. The van der Waals surface area contributed by atoms with Crippen LogP contribution in [0.3, 0.4) is 0 Å². The highest BCUT2D eigenvalue weighted by molar-refractivity contribution is 6.12. The molecule has 260 valence electrons. The molecule has 0 radical (unpaired) electrons. The summed E-state index contributed by atoms with van der Waals surface area (Å²) in [5, 5.41) is 0. The number of hydrogen-bond acceptors (Lipinski definition) is 8. The van der Waals surface area contributed by atoms with Crippen molar-refractivity contribution in [3.8, 4) is 5.75 Å². The second kappa shape index (κ2) is 19.4. The summed E-state index contributed by atoms with van der Waals surface area (Å²) in [5.74, 6) is -1.12. The Balaban J connectivity index is 1.58. The van der Waals surface area contributed by atoms with Gasteiger partial charge in [0, 0.05) is 25.9 Å². The minimum Gasteiger partial charge on any atom is -0.497 e. The lowest BCUT2D eigenvalue weighted by molar-refractivity contribution is -0.258. The summed E-state index contributed by atoms with van der Waals surface area (Å²) < 4.78 is 35.7. The van der Waals surface area contributed by atoms with Gasteiger partial charge in [-0.05, 0) is 87.5 Å². The lowest BCUT2D eigenvalue weighted by Gasteiger charge is -2.41. The topological polar surface area (TPSA) is 89.5 Å². The molecular formula is C39H56O8. The Kier molecular flexibility index (Phi) is 15.4. The Labute approximate surface area is 281 Å². The fourth-order valence-electron chi connectivity index (χ4n) is 7.40. The van der Waals surface area contributed by atoms with Crippen LogP contribution in [0, 0.1) is 23.7 Å². The number of fused-ring (bicyclic) bond motifs is 2. The van der Waals surface area contributed by atoms with Crippen LogP contribution in [0.4, 0.5) is 0 Å². The summed E-state index contributed by atoms with van der Waals surface area (Å²) >= 11 is 0. The van der Waals surface area contributed by atoms with Gasteiger partial charge >= 0.3 is 0 Å². The van der Waals surface area contributed by atoms with Crippen molar-refractivity contribution in [2.45, 2.75) is 96.6 Å². The summed E-state index contributed by atoms with van der Waals surface area (Å²) in [5.41, 5.74) is 1.81. The lowest BCUT2D eigenvalue weighted by atomic mass is 9.66. The largest absolute Gasteiger partial charge is 0.497 e. The number of allylic oxidation sites excluding steroid dienone is 5. The zero-order valence-corrected chi connectivity index (χ0v) is 29.0. The number of carbonyl (C=O) groups excluding carboxylic acids is 2. The first kappa shape index (κ1) is 37.2. The fraction of sp³-hybridized carbons (Fsp3) is 0.641. The van der Waals surface area contributed by atoms with E-state index in [1.54, 1.807) is 14.2 Å². The first-order valence-electron chi connectivity index (χ1n) is 17.6. The molecule has 0 N–H and O–H groups in total. The highest BCUT2D eigenvalue weighted by Crippen LogP contribution is 2.46. The standard InChI is InChI=1S/C39H56O8/c1-5-7-9-10-11-12-14-30-24-34-31(27-44-26-29-15-18-32(43-4)19-16-29)17-20-35(40)37(38(34)41)33(30)25-36(45-28-42-3)39(21-13-8-6-2)46-22-23-47-39/h5-8,15-16,18-19,24,30-31,33,36-37H,9-14,17,20-23,25-28H2,1-4H3/b7-5+,8-6+/t30-,31+,33+,36-,37+/m1/s1. The van der Waals surface area contributed by atoms with E-state index in [0.717, 1.165) is 55.4 Å². The van der Waals surface area contributed by atoms with Gasteiger partial charge in [-0.3, -0.25) is 9.59 Å². The monoisotopic (exact) mass is 652 g/mol. The second-order valence-electron chi connectivity index (χ2n) is 13.0. The smallest absolute Gasteiger partial charge is 0.195 e. The molecule has 0 aromatic heterocycles. The van der Waals surface area contributed by atoms with Gasteiger partial charge in [-0.25, -0.2) is 0 Å². The third-order valence-corrected chi connectivity index (χ3v) is 9.89. The predicted molar refractivity (Wildman–Crippen MR) is 182 cm³/mol. The zero-order valence-electron chi connectivity index (χ0n) is 29.0. The number of unbranched alkanes of at least 4 members (excludes halogenated alkanes) is 3. The SMILES string of the molecule is C/C=C/CCCCC[C@@H]1C=C2C(=O)[C@H](C(=O)CC[C@H]2COCc2ccc(OC)cc2)[C@H]1C[C@@H](OCOC)C1(CC/C=C/C)OCCO1. The molecule has 2 fully saturated rings. The normalized spacial score (nSPS) is 25.0. The summed E-state index contributed by atoms with van der Waals surface area (Å²) in [6, 6.07) is 7.80. The van der Waals surface area contributed by atoms with E-state index in [2.05, 4.69) is 31.2 Å². The molecular weight excluding hydrogens is 596 g/mol. The quantitative estimate of drug-likeness (QED) is 0.0618. The van der Waals surface area contributed by atoms with E-state index in [1.807, 2.05) is 37.3 Å². The van der Waals surface area contributed by atoms with Crippen LogP contribution in [0.15, 0.2) is 60.2 Å². The average molecular weight is 653 g/mol. The number of ether oxygens (including phenoxy) is 6. The first-order chi connectivity index (χ1) is 23.0. The van der Waals surface area contributed by atoms with Crippen molar-refractivity contribution in [1.82, 2.24) is 0 Å². The molecule has 0 amide bonds. The number of hydrogen-bond donors (Lipinski definition) is 0. The molecule has 4 rings (SSSR count). The number of carbonyl (C=O) groups is 2. The maximum Gasteiger partial charge on any atom is 0.195 e. The van der Waals surface area contributed by atoms with Crippen LogP contribution in [0.5, 0.6) is 5.75 Å². The van der Waals surface area contributed by atoms with Crippen LogP contribution >= 0.6 is 0 Å². The van der Waals surface area contributed by atoms with Gasteiger partial charge in [0.1, 0.15) is 24.4 Å². The Morgan fingerprint density at radius 2 is 1.72 bits per heavy atom. The third-order valence-electron chi connectivity index (χ3n) is 9.89. The van der Waals surface area contributed by atoms with Crippen molar-refractivity contribution >= 4 is 11.6 Å². The van der Waals surface area contributed by atoms with Crippen molar-refractivity contribution in [1.29, 1.82) is 0 Å². The summed E-state index contributed by atoms with van der Waals surface area (Å²) in [6.45, 7) is 5.92. The van der Waals surface area contributed by atoms with E-state index in [0.29, 0.717) is 52.1 Å². The molecule has 0 unspecified atom stereocenters. The number of Topliss-reactive ketones (excluding diaryl/α,β-unsaturated/α-hetero) is 2. The molecule has 2 bridgehead atoms. The minimum atomic E-state index is -0.951. The highest BCUT2D eigenvalue weighted by Gasteiger charge is 2.51. The molecule has 47 heavy (non-hydrogen) atoms. The van der Waals surface area contributed by atoms with Gasteiger partial charge in [0.25, 0.3) is 0 Å². The summed E-state index contributed by atoms with van der Waals surface area (Å²) in [7, 11) is 3.25. The first-order valence-corrected chi connectivity index (χ1v) is 17.6. The molecule has 8 nitrogen and oxygen atoms in total.